The minimum absolute atomic E-state index is 0.189. The van der Waals surface area contributed by atoms with Crippen molar-refractivity contribution >= 4 is 11.6 Å². The van der Waals surface area contributed by atoms with Crippen molar-refractivity contribution < 1.29 is 19.4 Å². The lowest BCUT2D eigenvalue weighted by atomic mass is 9.86. The van der Waals surface area contributed by atoms with Crippen LogP contribution in [0.1, 0.15) is 20.7 Å². The molecule has 3 rings (SSSR count). The summed E-state index contributed by atoms with van der Waals surface area (Å²) < 4.78 is 5.27. The van der Waals surface area contributed by atoms with Crippen molar-refractivity contribution in [1.29, 1.82) is 0 Å². The van der Waals surface area contributed by atoms with Gasteiger partial charge in [-0.2, -0.15) is 0 Å². The van der Waals surface area contributed by atoms with Gasteiger partial charge in [0.25, 0.3) is 0 Å². The van der Waals surface area contributed by atoms with E-state index < -0.39 is 6.61 Å². The molecule has 1 aliphatic heterocycles. The first-order valence-electron chi connectivity index (χ1n) is 6.59. The first kappa shape index (κ1) is 13.0. The summed E-state index contributed by atoms with van der Waals surface area (Å²) in [4.78, 5) is 26.9. The lowest BCUT2D eigenvalue weighted by Crippen LogP contribution is -2.41. The number of rotatable bonds is 2. The van der Waals surface area contributed by atoms with Gasteiger partial charge in [0.2, 0.25) is 5.78 Å². The van der Waals surface area contributed by atoms with E-state index in [1.807, 2.05) is 4.90 Å². The van der Waals surface area contributed by atoms with Gasteiger partial charge in [0, 0.05) is 24.2 Å². The number of benzene rings is 1. The number of aliphatic hydroxyl groups excluding tert-OH is 1. The summed E-state index contributed by atoms with van der Waals surface area (Å²) in [5.74, 6) is -0.449. The van der Waals surface area contributed by atoms with Crippen molar-refractivity contribution in [1.82, 2.24) is 4.90 Å². The highest BCUT2D eigenvalue weighted by atomic mass is 16.5. The van der Waals surface area contributed by atoms with Crippen LogP contribution in [0.25, 0.3) is 0 Å². The van der Waals surface area contributed by atoms with Crippen LogP contribution in [0.15, 0.2) is 35.5 Å². The van der Waals surface area contributed by atoms with E-state index in [9.17, 15) is 14.7 Å². The lowest BCUT2D eigenvalue weighted by Gasteiger charge is -2.33. The highest BCUT2D eigenvalue weighted by Crippen LogP contribution is 2.28. The van der Waals surface area contributed by atoms with Crippen LogP contribution in [0.4, 0.5) is 0 Å². The van der Waals surface area contributed by atoms with Gasteiger partial charge in [-0.1, -0.05) is 24.3 Å². The number of allylic oxidation sites excluding steroid dienone is 1. The summed E-state index contributed by atoms with van der Waals surface area (Å²) in [7, 11) is 0. The normalized spacial score (nSPS) is 19.4. The number of carbonyl (C=O) groups is 2. The highest BCUT2D eigenvalue weighted by molar-refractivity contribution is 6.26. The summed E-state index contributed by atoms with van der Waals surface area (Å²) in [5.41, 5.74) is 1.31. The summed E-state index contributed by atoms with van der Waals surface area (Å²) in [6.45, 7) is 1.72. The fourth-order valence-electron chi connectivity index (χ4n) is 2.68. The third-order valence-electron chi connectivity index (χ3n) is 3.68. The molecule has 1 saturated heterocycles. The van der Waals surface area contributed by atoms with Crippen molar-refractivity contribution in [3.63, 3.8) is 0 Å². The Bertz CT molecular complexity index is 600. The second-order valence-electron chi connectivity index (χ2n) is 4.79. The molecule has 0 atom stereocenters. The maximum atomic E-state index is 12.6. The molecule has 0 amide bonds. The summed E-state index contributed by atoms with van der Waals surface area (Å²) in [5, 5.41) is 9.52. The van der Waals surface area contributed by atoms with Crippen LogP contribution in [-0.2, 0) is 4.74 Å². The molecule has 1 aliphatic carbocycles. The molecule has 1 heterocycles. The number of ether oxygens (including phenoxy) is 1. The molecule has 0 spiro atoms. The van der Waals surface area contributed by atoms with E-state index in [1.54, 1.807) is 24.3 Å². The van der Waals surface area contributed by atoms with Crippen molar-refractivity contribution in [2.24, 2.45) is 0 Å². The summed E-state index contributed by atoms with van der Waals surface area (Å²) in [6, 6.07) is 6.75. The maximum Gasteiger partial charge on any atom is 0.210 e. The van der Waals surface area contributed by atoms with E-state index in [1.165, 1.54) is 0 Å². The number of nitrogens with zero attached hydrogens (tertiary/aromatic N) is 1. The van der Waals surface area contributed by atoms with Crippen LogP contribution >= 0.6 is 0 Å². The zero-order valence-corrected chi connectivity index (χ0v) is 11.0. The van der Waals surface area contributed by atoms with Gasteiger partial charge in [0.05, 0.1) is 31.1 Å². The van der Waals surface area contributed by atoms with E-state index >= 15 is 0 Å². The molecule has 2 aliphatic rings. The molecule has 0 unspecified atom stereocenters. The number of hydrogen-bond donors (Lipinski definition) is 1. The fraction of sp³-hybridized carbons (Fsp3) is 0.333. The average Bonchev–Trinajstić information content (AvgIpc) is 2.51. The number of fused-ring (bicyclic) bond motifs is 1. The topological polar surface area (TPSA) is 66.8 Å². The van der Waals surface area contributed by atoms with Gasteiger partial charge < -0.3 is 14.7 Å². The SMILES string of the molecule is O=C1C(CO)=C(N2CCOCC2)C(=O)c2ccccc21. The van der Waals surface area contributed by atoms with Crippen LogP contribution in [0, 0.1) is 0 Å². The molecule has 0 bridgehead atoms. The van der Waals surface area contributed by atoms with Crippen molar-refractivity contribution in [3.05, 3.63) is 46.7 Å². The fourth-order valence-corrected chi connectivity index (χ4v) is 2.68. The summed E-state index contributed by atoms with van der Waals surface area (Å²) in [6.07, 6.45) is 0. The first-order valence-corrected chi connectivity index (χ1v) is 6.59. The zero-order valence-electron chi connectivity index (χ0n) is 11.0. The molecule has 1 N–H and O–H groups in total. The van der Waals surface area contributed by atoms with Crippen LogP contribution in [0.2, 0.25) is 0 Å². The molecular formula is C15H15NO4. The number of aliphatic hydroxyl groups is 1. The Morgan fingerprint density at radius 2 is 1.65 bits per heavy atom. The monoisotopic (exact) mass is 273 g/mol. The molecule has 1 aromatic carbocycles. The second-order valence-corrected chi connectivity index (χ2v) is 4.79. The minimum Gasteiger partial charge on any atom is -0.391 e. The standard InChI is InChI=1S/C15H15NO4/c17-9-12-13(16-5-7-20-8-6-16)15(19)11-4-2-1-3-10(11)14(12)18/h1-4,17H,5-9H2. The number of ketones is 2. The lowest BCUT2D eigenvalue weighted by molar-refractivity contribution is 0.0490. The molecule has 104 valence electrons. The maximum absolute atomic E-state index is 12.6. The number of morpholine rings is 1. The molecule has 1 fully saturated rings. The Morgan fingerprint density at radius 1 is 1.05 bits per heavy atom. The van der Waals surface area contributed by atoms with Gasteiger partial charge in [-0.3, -0.25) is 9.59 Å². The second kappa shape index (κ2) is 5.19. The Hall–Kier alpha value is -1.98. The molecule has 0 aromatic heterocycles. The minimum atomic E-state index is -0.425. The Kier molecular flexibility index (Phi) is 3.38. The van der Waals surface area contributed by atoms with Crippen LogP contribution in [-0.4, -0.2) is 54.5 Å². The van der Waals surface area contributed by atoms with Gasteiger partial charge in [0.1, 0.15) is 0 Å². The molecule has 0 radical (unpaired) electrons. The molecular weight excluding hydrogens is 258 g/mol. The van der Waals surface area contributed by atoms with E-state index in [-0.39, 0.29) is 17.1 Å². The third-order valence-corrected chi connectivity index (χ3v) is 3.68. The van der Waals surface area contributed by atoms with Gasteiger partial charge in [-0.25, -0.2) is 0 Å². The van der Waals surface area contributed by atoms with E-state index in [2.05, 4.69) is 0 Å². The van der Waals surface area contributed by atoms with Gasteiger partial charge in [-0.05, 0) is 0 Å². The van der Waals surface area contributed by atoms with Gasteiger partial charge in [-0.15, -0.1) is 0 Å². The Labute approximate surface area is 116 Å². The largest absolute Gasteiger partial charge is 0.391 e. The number of hydrogen-bond acceptors (Lipinski definition) is 5. The summed E-state index contributed by atoms with van der Waals surface area (Å²) >= 11 is 0. The predicted octanol–water partition coefficient (Wildman–Crippen LogP) is 0.644. The van der Waals surface area contributed by atoms with Gasteiger partial charge >= 0.3 is 0 Å². The molecule has 5 heteroatoms. The quantitative estimate of drug-likeness (QED) is 0.856. The van der Waals surface area contributed by atoms with Crippen LogP contribution in [0.3, 0.4) is 0 Å². The predicted molar refractivity (Wildman–Crippen MR) is 71.6 cm³/mol. The van der Waals surface area contributed by atoms with E-state index in [4.69, 9.17) is 4.74 Å². The smallest absolute Gasteiger partial charge is 0.210 e. The van der Waals surface area contributed by atoms with Gasteiger partial charge in [0.15, 0.2) is 5.78 Å². The van der Waals surface area contributed by atoms with Crippen LogP contribution < -0.4 is 0 Å². The van der Waals surface area contributed by atoms with E-state index in [0.29, 0.717) is 43.1 Å². The number of carbonyl (C=O) groups excluding carboxylic acids is 2. The number of Topliss-reactive ketones (excluding diaryl/α,β-unsaturated/α-hetero) is 2. The van der Waals surface area contributed by atoms with Crippen molar-refractivity contribution in [2.75, 3.05) is 32.9 Å². The Morgan fingerprint density at radius 3 is 2.25 bits per heavy atom. The molecule has 5 nitrogen and oxygen atoms in total. The van der Waals surface area contributed by atoms with Crippen molar-refractivity contribution in [3.8, 4) is 0 Å². The zero-order chi connectivity index (χ0) is 14.1. The Balaban J connectivity index is 2.10. The average molecular weight is 273 g/mol. The first-order chi connectivity index (χ1) is 9.74. The van der Waals surface area contributed by atoms with Crippen molar-refractivity contribution in [2.45, 2.75) is 0 Å². The molecule has 0 saturated carbocycles. The van der Waals surface area contributed by atoms with E-state index in [0.717, 1.165) is 0 Å². The van der Waals surface area contributed by atoms with Crippen LogP contribution in [0.5, 0.6) is 0 Å². The molecule has 1 aromatic rings. The third kappa shape index (κ3) is 1.95. The highest BCUT2D eigenvalue weighted by Gasteiger charge is 2.34. The molecule has 20 heavy (non-hydrogen) atoms.